The van der Waals surface area contributed by atoms with Crippen LogP contribution in [0.15, 0.2) is 0 Å². The largest absolute Gasteiger partial charge is 0.270 e. The lowest BCUT2D eigenvalue weighted by Gasteiger charge is -2.07. The van der Waals surface area contributed by atoms with Gasteiger partial charge in [0.15, 0.2) is 0 Å². The highest BCUT2D eigenvalue weighted by atomic mass is 32.2. The van der Waals surface area contributed by atoms with Gasteiger partial charge in [-0.3, -0.25) is 4.18 Å². The van der Waals surface area contributed by atoms with Crippen LogP contribution in [-0.2, 0) is 14.3 Å². The third kappa shape index (κ3) is 3.40. The Hall–Kier alpha value is -0.530. The van der Waals surface area contributed by atoms with Crippen LogP contribution in [0.3, 0.4) is 0 Å². The van der Waals surface area contributed by atoms with E-state index in [4.69, 9.17) is 6.42 Å². The summed E-state index contributed by atoms with van der Waals surface area (Å²) in [7, 11) is -3.41. The molecule has 0 heterocycles. The molecule has 0 aliphatic rings. The van der Waals surface area contributed by atoms with Gasteiger partial charge in [0.25, 0.3) is 10.1 Å². The summed E-state index contributed by atoms with van der Waals surface area (Å²) in [6.45, 7) is 3.32. The molecular formula is C7H12O3S. The van der Waals surface area contributed by atoms with E-state index in [1.807, 2.05) is 0 Å². The molecule has 3 nitrogen and oxygen atoms in total. The van der Waals surface area contributed by atoms with Crippen molar-refractivity contribution in [3.63, 3.8) is 0 Å². The lowest BCUT2D eigenvalue weighted by Crippen LogP contribution is -2.19. The van der Waals surface area contributed by atoms with Crippen molar-refractivity contribution < 1.29 is 12.6 Å². The van der Waals surface area contributed by atoms with E-state index in [-0.39, 0.29) is 13.0 Å². The van der Waals surface area contributed by atoms with Gasteiger partial charge in [-0.05, 0) is 13.8 Å². The van der Waals surface area contributed by atoms with Crippen LogP contribution in [0, 0.1) is 12.3 Å². The zero-order chi connectivity index (χ0) is 8.91. The summed E-state index contributed by atoms with van der Waals surface area (Å²) < 4.78 is 26.5. The van der Waals surface area contributed by atoms with Gasteiger partial charge in [-0.15, -0.1) is 12.3 Å². The molecule has 0 aromatic heterocycles. The smallest absolute Gasteiger partial charge is 0.270 e. The maximum Gasteiger partial charge on any atom is 0.270 e. The van der Waals surface area contributed by atoms with E-state index in [9.17, 15) is 8.42 Å². The van der Waals surface area contributed by atoms with E-state index in [2.05, 4.69) is 10.1 Å². The van der Waals surface area contributed by atoms with Crippen molar-refractivity contribution in [2.24, 2.45) is 0 Å². The third-order valence-corrected chi connectivity index (χ3v) is 2.90. The van der Waals surface area contributed by atoms with Gasteiger partial charge in [-0.2, -0.15) is 8.42 Å². The highest BCUT2D eigenvalue weighted by Crippen LogP contribution is 2.06. The molecule has 0 aliphatic heterocycles. The van der Waals surface area contributed by atoms with Crippen LogP contribution < -0.4 is 0 Å². The minimum Gasteiger partial charge on any atom is -0.270 e. The van der Waals surface area contributed by atoms with Crippen LogP contribution in [0.4, 0.5) is 0 Å². The minimum atomic E-state index is -3.41. The molecule has 64 valence electrons. The Morgan fingerprint density at radius 1 is 1.64 bits per heavy atom. The third-order valence-electron chi connectivity index (χ3n) is 1.18. The molecule has 0 rings (SSSR count). The predicted molar refractivity (Wildman–Crippen MR) is 43.5 cm³/mol. The molecular weight excluding hydrogens is 164 g/mol. The quantitative estimate of drug-likeness (QED) is 0.469. The number of rotatable bonds is 4. The Balaban J connectivity index is 4.21. The molecule has 0 saturated carbocycles. The predicted octanol–water partition coefficient (Wildman–Crippen LogP) is 0.765. The lowest BCUT2D eigenvalue weighted by atomic mass is 10.3. The van der Waals surface area contributed by atoms with E-state index in [0.29, 0.717) is 0 Å². The Kier molecular flexibility index (Phi) is 4.16. The fourth-order valence-electron chi connectivity index (χ4n) is 0.548. The molecule has 0 saturated heterocycles. The van der Waals surface area contributed by atoms with Crippen LogP contribution in [-0.4, -0.2) is 20.3 Å². The minimum absolute atomic E-state index is 0.164. The number of hydrogen-bond acceptors (Lipinski definition) is 3. The van der Waals surface area contributed by atoms with Gasteiger partial charge in [-0.25, -0.2) is 0 Å². The average Bonchev–Trinajstić information content (AvgIpc) is 1.88. The second-order valence-corrected chi connectivity index (χ2v) is 4.14. The van der Waals surface area contributed by atoms with E-state index < -0.39 is 15.4 Å². The maximum absolute atomic E-state index is 11.0. The van der Waals surface area contributed by atoms with Crippen molar-refractivity contribution in [2.45, 2.75) is 25.5 Å². The molecule has 0 N–H and O–H groups in total. The summed E-state index contributed by atoms with van der Waals surface area (Å²) in [5.74, 6) is 2.27. The Morgan fingerprint density at radius 3 is 2.55 bits per heavy atom. The molecule has 11 heavy (non-hydrogen) atoms. The summed E-state index contributed by atoms with van der Waals surface area (Å²) in [6, 6.07) is 0. The molecule has 0 aromatic rings. The Morgan fingerprint density at radius 2 is 2.18 bits per heavy atom. The highest BCUT2D eigenvalue weighted by Gasteiger charge is 2.19. The second-order valence-electron chi connectivity index (χ2n) is 2.12. The van der Waals surface area contributed by atoms with Crippen molar-refractivity contribution >= 4 is 10.1 Å². The molecule has 0 spiro atoms. The van der Waals surface area contributed by atoms with E-state index >= 15 is 0 Å². The molecule has 0 amide bonds. The second kappa shape index (κ2) is 4.37. The van der Waals surface area contributed by atoms with Gasteiger partial charge in [-0.1, -0.05) is 0 Å². The molecule has 1 atom stereocenters. The number of terminal acetylenes is 1. The normalized spacial score (nSPS) is 13.9. The topological polar surface area (TPSA) is 43.4 Å². The van der Waals surface area contributed by atoms with E-state index in [1.165, 1.54) is 6.92 Å². The Labute approximate surface area is 67.9 Å². The SMILES string of the molecule is C#CCC(C)S(=O)(=O)OCC. The van der Waals surface area contributed by atoms with Gasteiger partial charge in [0.05, 0.1) is 11.9 Å². The van der Waals surface area contributed by atoms with Crippen molar-refractivity contribution in [3.8, 4) is 12.3 Å². The number of hydrogen-bond donors (Lipinski definition) is 0. The first kappa shape index (κ1) is 10.5. The first-order valence-corrected chi connectivity index (χ1v) is 4.83. The summed E-state index contributed by atoms with van der Waals surface area (Å²) in [4.78, 5) is 0. The monoisotopic (exact) mass is 176 g/mol. The van der Waals surface area contributed by atoms with Crippen molar-refractivity contribution in [3.05, 3.63) is 0 Å². The standard InChI is InChI=1S/C7H12O3S/c1-4-6-7(3)11(8,9)10-5-2/h1,7H,5-6H2,2-3H3. The molecule has 0 aromatic carbocycles. The summed E-state index contributed by atoms with van der Waals surface area (Å²) in [5, 5.41) is -0.604. The van der Waals surface area contributed by atoms with Gasteiger partial charge < -0.3 is 0 Å². The zero-order valence-corrected chi connectivity index (χ0v) is 7.52. The zero-order valence-electron chi connectivity index (χ0n) is 6.70. The van der Waals surface area contributed by atoms with Crippen molar-refractivity contribution in [1.29, 1.82) is 0 Å². The van der Waals surface area contributed by atoms with Crippen molar-refractivity contribution in [1.82, 2.24) is 0 Å². The fraction of sp³-hybridized carbons (Fsp3) is 0.714. The average molecular weight is 176 g/mol. The van der Waals surface area contributed by atoms with Crippen LogP contribution in [0.1, 0.15) is 20.3 Å². The first-order chi connectivity index (χ1) is 5.04. The fourth-order valence-corrected chi connectivity index (χ4v) is 1.41. The van der Waals surface area contributed by atoms with Gasteiger partial charge >= 0.3 is 0 Å². The van der Waals surface area contributed by atoms with Gasteiger partial charge in [0.2, 0.25) is 0 Å². The van der Waals surface area contributed by atoms with Crippen LogP contribution in [0.25, 0.3) is 0 Å². The molecule has 0 radical (unpaired) electrons. The van der Waals surface area contributed by atoms with Crippen LogP contribution in [0.5, 0.6) is 0 Å². The Bertz CT molecular complexity index is 235. The molecule has 1 unspecified atom stereocenters. The highest BCUT2D eigenvalue weighted by molar-refractivity contribution is 7.87. The maximum atomic E-state index is 11.0. The summed E-state index contributed by atoms with van der Waals surface area (Å²) in [5.41, 5.74) is 0. The molecule has 0 bridgehead atoms. The lowest BCUT2D eigenvalue weighted by molar-refractivity contribution is 0.332. The van der Waals surface area contributed by atoms with Crippen molar-refractivity contribution in [2.75, 3.05) is 6.61 Å². The summed E-state index contributed by atoms with van der Waals surface area (Å²) >= 11 is 0. The van der Waals surface area contributed by atoms with Gasteiger partial charge in [0, 0.05) is 6.42 Å². The summed E-state index contributed by atoms with van der Waals surface area (Å²) in [6.07, 6.45) is 5.15. The van der Waals surface area contributed by atoms with Crippen LogP contribution >= 0.6 is 0 Å². The van der Waals surface area contributed by atoms with Gasteiger partial charge in [0.1, 0.15) is 0 Å². The van der Waals surface area contributed by atoms with Crippen LogP contribution in [0.2, 0.25) is 0 Å². The molecule has 4 heteroatoms. The van der Waals surface area contributed by atoms with E-state index in [1.54, 1.807) is 6.92 Å². The van der Waals surface area contributed by atoms with E-state index in [0.717, 1.165) is 0 Å². The molecule has 0 aliphatic carbocycles. The molecule has 0 fully saturated rings. The first-order valence-electron chi connectivity index (χ1n) is 3.36.